The number of hydrogen-bond acceptors (Lipinski definition) is 5. The highest BCUT2D eigenvalue weighted by atomic mass is 16.5. The molecule has 0 N–H and O–H groups in total. The first-order valence-electron chi connectivity index (χ1n) is 9.76. The Morgan fingerprint density at radius 2 is 1.90 bits per heavy atom. The summed E-state index contributed by atoms with van der Waals surface area (Å²) in [5, 5.41) is 4.04. The second kappa shape index (κ2) is 8.90. The van der Waals surface area contributed by atoms with E-state index in [1.54, 1.807) is 11.9 Å². The van der Waals surface area contributed by atoms with Crippen molar-refractivity contribution in [3.05, 3.63) is 65.0 Å². The highest BCUT2D eigenvalue weighted by Crippen LogP contribution is 2.22. The first kappa shape index (κ1) is 20.6. The normalized spacial score (nSPS) is 11.9. The minimum Gasteiger partial charge on any atom is -0.480 e. The maximum atomic E-state index is 12.9. The molecule has 0 spiro atoms. The van der Waals surface area contributed by atoms with Crippen LogP contribution in [0.15, 0.2) is 47.0 Å². The van der Waals surface area contributed by atoms with E-state index >= 15 is 0 Å². The number of aromatic nitrogens is 2. The predicted molar refractivity (Wildman–Crippen MR) is 112 cm³/mol. The number of carbonyl (C=O) groups excluding carboxylic acids is 1. The van der Waals surface area contributed by atoms with Crippen LogP contribution in [0.25, 0.3) is 11.4 Å². The van der Waals surface area contributed by atoms with Gasteiger partial charge in [0.05, 0.1) is 6.54 Å². The van der Waals surface area contributed by atoms with E-state index in [2.05, 4.69) is 10.1 Å². The number of carbonyl (C=O) groups is 1. The molecule has 1 atom stereocenters. The van der Waals surface area contributed by atoms with Crippen LogP contribution in [-0.2, 0) is 11.3 Å². The molecule has 0 saturated carbocycles. The van der Waals surface area contributed by atoms with E-state index in [-0.39, 0.29) is 12.5 Å². The lowest BCUT2D eigenvalue weighted by Crippen LogP contribution is -2.39. The molecule has 6 nitrogen and oxygen atoms in total. The third-order valence-electron chi connectivity index (χ3n) is 4.75. The minimum atomic E-state index is -0.570. The van der Waals surface area contributed by atoms with Gasteiger partial charge in [0, 0.05) is 12.6 Å². The average Bonchev–Trinajstić information content (AvgIpc) is 3.16. The Bertz CT molecular complexity index is 997. The number of hydrogen-bond donors (Lipinski definition) is 0. The van der Waals surface area contributed by atoms with Crippen molar-refractivity contribution in [2.45, 2.75) is 46.8 Å². The van der Waals surface area contributed by atoms with Gasteiger partial charge in [0.1, 0.15) is 5.75 Å². The van der Waals surface area contributed by atoms with Crippen LogP contribution in [0.3, 0.4) is 0 Å². The van der Waals surface area contributed by atoms with Crippen molar-refractivity contribution < 1.29 is 14.1 Å². The van der Waals surface area contributed by atoms with Crippen LogP contribution < -0.4 is 4.74 Å². The summed E-state index contributed by atoms with van der Waals surface area (Å²) < 4.78 is 11.4. The topological polar surface area (TPSA) is 68.5 Å². The van der Waals surface area contributed by atoms with Crippen LogP contribution in [-0.4, -0.2) is 34.1 Å². The summed E-state index contributed by atoms with van der Waals surface area (Å²) in [4.78, 5) is 18.9. The summed E-state index contributed by atoms with van der Waals surface area (Å²) >= 11 is 0. The quantitative estimate of drug-likeness (QED) is 0.592. The molecule has 0 unspecified atom stereocenters. The highest BCUT2D eigenvalue weighted by molar-refractivity contribution is 5.81. The molecule has 1 aromatic heterocycles. The molecule has 0 fully saturated rings. The number of likely N-dealkylation sites (N-methyl/N-ethyl adjacent to an activating group) is 1. The van der Waals surface area contributed by atoms with Gasteiger partial charge in [-0.05, 0) is 50.5 Å². The van der Waals surface area contributed by atoms with Crippen molar-refractivity contribution >= 4 is 5.91 Å². The van der Waals surface area contributed by atoms with E-state index in [0.29, 0.717) is 18.1 Å². The fourth-order valence-electron chi connectivity index (χ4n) is 3.04. The zero-order chi connectivity index (χ0) is 21.0. The molecule has 0 aliphatic heterocycles. The standard InChI is InChI=1S/C23H27N3O3/c1-6-19(28-20-13-16(3)10-11-17(20)4)23(27)26(5)14-21-24-22(25-29-21)18-9-7-8-15(2)12-18/h7-13,19H,6,14H2,1-5H3/t19-/m0/s1. The Morgan fingerprint density at radius 1 is 1.14 bits per heavy atom. The van der Waals surface area contributed by atoms with Gasteiger partial charge in [0.15, 0.2) is 6.10 Å². The van der Waals surface area contributed by atoms with Gasteiger partial charge in [-0.25, -0.2) is 0 Å². The molecule has 6 heteroatoms. The summed E-state index contributed by atoms with van der Waals surface area (Å²) in [6, 6.07) is 13.9. The number of ether oxygens (including phenoxy) is 1. The molecule has 3 aromatic rings. The van der Waals surface area contributed by atoms with Crippen LogP contribution in [0.4, 0.5) is 0 Å². The first-order chi connectivity index (χ1) is 13.9. The minimum absolute atomic E-state index is 0.122. The maximum absolute atomic E-state index is 12.9. The number of amides is 1. The Balaban J connectivity index is 1.68. The molecule has 1 heterocycles. The van der Waals surface area contributed by atoms with Crippen molar-refractivity contribution in [3.8, 4) is 17.1 Å². The lowest BCUT2D eigenvalue weighted by atomic mass is 10.1. The van der Waals surface area contributed by atoms with Crippen molar-refractivity contribution in [1.82, 2.24) is 15.0 Å². The van der Waals surface area contributed by atoms with Crippen molar-refractivity contribution in [1.29, 1.82) is 0 Å². The van der Waals surface area contributed by atoms with Gasteiger partial charge in [0.25, 0.3) is 5.91 Å². The van der Waals surface area contributed by atoms with Gasteiger partial charge in [-0.1, -0.05) is 48.0 Å². The van der Waals surface area contributed by atoms with Gasteiger partial charge in [-0.15, -0.1) is 0 Å². The molecule has 3 rings (SSSR count). The largest absolute Gasteiger partial charge is 0.480 e. The van der Waals surface area contributed by atoms with Crippen LogP contribution in [0, 0.1) is 20.8 Å². The number of benzene rings is 2. The molecular formula is C23H27N3O3. The van der Waals surface area contributed by atoms with E-state index in [4.69, 9.17) is 9.26 Å². The Labute approximate surface area is 171 Å². The van der Waals surface area contributed by atoms with Gasteiger partial charge in [0.2, 0.25) is 11.7 Å². The van der Waals surface area contributed by atoms with Crippen molar-refractivity contribution in [2.24, 2.45) is 0 Å². The molecule has 0 bridgehead atoms. The molecule has 0 aliphatic carbocycles. The van der Waals surface area contributed by atoms with Gasteiger partial charge >= 0.3 is 0 Å². The van der Waals surface area contributed by atoms with Crippen LogP contribution >= 0.6 is 0 Å². The van der Waals surface area contributed by atoms with E-state index in [9.17, 15) is 4.79 Å². The third kappa shape index (κ3) is 5.02. The van der Waals surface area contributed by atoms with Crippen LogP contribution in [0.1, 0.15) is 35.9 Å². The summed E-state index contributed by atoms with van der Waals surface area (Å²) in [5.41, 5.74) is 4.11. The monoisotopic (exact) mass is 393 g/mol. The molecule has 0 aliphatic rings. The van der Waals surface area contributed by atoms with Crippen LogP contribution in [0.5, 0.6) is 5.75 Å². The summed E-state index contributed by atoms with van der Waals surface area (Å²) in [7, 11) is 1.72. The van der Waals surface area contributed by atoms with Gasteiger partial charge in [-0.2, -0.15) is 4.98 Å². The molecule has 0 radical (unpaired) electrons. The SMILES string of the molecule is CC[C@H](Oc1cc(C)ccc1C)C(=O)N(C)Cc1nc(-c2cccc(C)c2)no1. The van der Waals surface area contributed by atoms with E-state index in [0.717, 1.165) is 28.0 Å². The predicted octanol–water partition coefficient (Wildman–Crippen LogP) is 4.48. The lowest BCUT2D eigenvalue weighted by Gasteiger charge is -2.23. The summed E-state index contributed by atoms with van der Waals surface area (Å²) in [6.07, 6.45) is -0.00534. The summed E-state index contributed by atoms with van der Waals surface area (Å²) in [5.74, 6) is 1.52. The maximum Gasteiger partial charge on any atom is 0.263 e. The van der Waals surface area contributed by atoms with Crippen LogP contribution in [0.2, 0.25) is 0 Å². The Morgan fingerprint density at radius 3 is 2.62 bits per heavy atom. The van der Waals surface area contributed by atoms with Gasteiger partial charge in [-0.3, -0.25) is 4.79 Å². The average molecular weight is 393 g/mol. The molecular weight excluding hydrogens is 366 g/mol. The zero-order valence-corrected chi connectivity index (χ0v) is 17.6. The third-order valence-corrected chi connectivity index (χ3v) is 4.75. The van der Waals surface area contributed by atoms with Gasteiger partial charge < -0.3 is 14.2 Å². The van der Waals surface area contributed by atoms with Crippen molar-refractivity contribution in [2.75, 3.05) is 7.05 Å². The van der Waals surface area contributed by atoms with E-state index in [1.165, 1.54) is 0 Å². The zero-order valence-electron chi connectivity index (χ0n) is 17.6. The first-order valence-corrected chi connectivity index (χ1v) is 9.76. The molecule has 152 valence electrons. The molecule has 29 heavy (non-hydrogen) atoms. The molecule has 1 amide bonds. The Hall–Kier alpha value is -3.15. The number of rotatable bonds is 7. The number of nitrogens with zero attached hydrogens (tertiary/aromatic N) is 3. The fourth-order valence-corrected chi connectivity index (χ4v) is 3.04. The van der Waals surface area contributed by atoms with E-state index in [1.807, 2.05) is 70.2 Å². The second-order valence-electron chi connectivity index (χ2n) is 7.36. The highest BCUT2D eigenvalue weighted by Gasteiger charge is 2.24. The molecule has 2 aromatic carbocycles. The number of aryl methyl sites for hydroxylation is 3. The van der Waals surface area contributed by atoms with Crippen molar-refractivity contribution in [3.63, 3.8) is 0 Å². The lowest BCUT2D eigenvalue weighted by molar-refractivity contribution is -0.138. The fraction of sp³-hybridized carbons (Fsp3) is 0.348. The Kier molecular flexibility index (Phi) is 6.32. The molecule has 0 saturated heterocycles. The summed E-state index contributed by atoms with van der Waals surface area (Å²) in [6.45, 7) is 8.15. The smallest absolute Gasteiger partial charge is 0.263 e. The van der Waals surface area contributed by atoms with E-state index < -0.39 is 6.10 Å². The second-order valence-corrected chi connectivity index (χ2v) is 7.36.